The second-order valence-corrected chi connectivity index (χ2v) is 5.47. The third kappa shape index (κ3) is 5.56. The number of carboxylic acid groups (broad SMARTS) is 1. The quantitative estimate of drug-likeness (QED) is 0.717. The molecule has 0 spiro atoms. The molecule has 27 heavy (non-hydrogen) atoms. The zero-order valence-corrected chi connectivity index (χ0v) is 13.8. The summed E-state index contributed by atoms with van der Waals surface area (Å²) >= 11 is 0. The molecule has 0 atom stereocenters. The van der Waals surface area contributed by atoms with Gasteiger partial charge >= 0.3 is 12.1 Å². The van der Waals surface area contributed by atoms with Crippen molar-refractivity contribution in [2.24, 2.45) is 0 Å². The van der Waals surface area contributed by atoms with E-state index in [0.29, 0.717) is 0 Å². The summed E-state index contributed by atoms with van der Waals surface area (Å²) in [6.45, 7) is -0.0408. The second kappa shape index (κ2) is 8.35. The fourth-order valence-corrected chi connectivity index (χ4v) is 2.22. The van der Waals surface area contributed by atoms with Crippen molar-refractivity contribution in [1.82, 2.24) is 5.32 Å². The number of amides is 2. The van der Waals surface area contributed by atoms with Crippen LogP contribution in [-0.4, -0.2) is 29.4 Å². The lowest BCUT2D eigenvalue weighted by atomic mass is 10.1. The van der Waals surface area contributed by atoms with Gasteiger partial charge in [0.2, 0.25) is 0 Å². The smallest absolute Gasteiger partial charge is 0.417 e. The molecular formula is C18H15F3N2O4. The van der Waals surface area contributed by atoms with Gasteiger partial charge in [-0.3, -0.25) is 14.4 Å². The Balaban J connectivity index is 2.06. The Morgan fingerprint density at radius 1 is 0.926 bits per heavy atom. The number of alkyl halides is 3. The predicted molar refractivity (Wildman–Crippen MR) is 90.4 cm³/mol. The molecule has 2 aromatic rings. The zero-order chi connectivity index (χ0) is 20.0. The van der Waals surface area contributed by atoms with Crippen molar-refractivity contribution < 1.29 is 32.7 Å². The first-order valence-corrected chi connectivity index (χ1v) is 7.76. The van der Waals surface area contributed by atoms with E-state index in [-0.39, 0.29) is 24.2 Å². The van der Waals surface area contributed by atoms with Crippen LogP contribution in [0.3, 0.4) is 0 Å². The summed E-state index contributed by atoms with van der Waals surface area (Å²) < 4.78 is 38.9. The molecule has 2 amide bonds. The van der Waals surface area contributed by atoms with Crippen LogP contribution in [-0.2, 0) is 11.0 Å². The van der Waals surface area contributed by atoms with Crippen LogP contribution in [0.4, 0.5) is 18.9 Å². The predicted octanol–water partition coefficient (Wildman–Crippen LogP) is 3.16. The summed E-state index contributed by atoms with van der Waals surface area (Å²) in [5, 5.41) is 13.3. The number of carboxylic acids is 1. The standard InChI is InChI=1S/C18H15F3N2O4/c19-18(20,21)14-4-2-1-3-13(14)17(27)23-12-7-5-11(6-8-12)16(26)22-10-9-15(24)25/h1-8H,9-10H2,(H,22,26)(H,23,27)(H,24,25). The third-order valence-electron chi connectivity index (χ3n) is 3.51. The summed E-state index contributed by atoms with van der Waals surface area (Å²) in [6, 6.07) is 9.86. The van der Waals surface area contributed by atoms with Crippen LogP contribution in [0.25, 0.3) is 0 Å². The van der Waals surface area contributed by atoms with E-state index in [1.807, 2.05) is 0 Å². The lowest BCUT2D eigenvalue weighted by Gasteiger charge is -2.13. The maximum absolute atomic E-state index is 13.0. The van der Waals surface area contributed by atoms with Gasteiger partial charge in [-0.1, -0.05) is 12.1 Å². The molecule has 2 rings (SSSR count). The molecule has 9 heteroatoms. The van der Waals surface area contributed by atoms with E-state index in [1.54, 1.807) is 0 Å². The molecule has 0 aliphatic heterocycles. The molecule has 3 N–H and O–H groups in total. The number of hydrogen-bond acceptors (Lipinski definition) is 3. The van der Waals surface area contributed by atoms with Crippen LogP contribution < -0.4 is 10.6 Å². The molecule has 6 nitrogen and oxygen atoms in total. The number of benzene rings is 2. The van der Waals surface area contributed by atoms with Gasteiger partial charge in [0.1, 0.15) is 0 Å². The van der Waals surface area contributed by atoms with Crippen LogP contribution in [0.2, 0.25) is 0 Å². The Kier molecular flexibility index (Phi) is 6.17. The van der Waals surface area contributed by atoms with E-state index in [1.165, 1.54) is 36.4 Å². The lowest BCUT2D eigenvalue weighted by molar-refractivity contribution is -0.138. The Morgan fingerprint density at radius 2 is 1.56 bits per heavy atom. The average Bonchev–Trinajstić information content (AvgIpc) is 2.61. The summed E-state index contributed by atoms with van der Waals surface area (Å²) in [6.07, 6.45) is -4.88. The highest BCUT2D eigenvalue weighted by Crippen LogP contribution is 2.32. The number of hydrogen-bond donors (Lipinski definition) is 3. The number of nitrogens with one attached hydrogen (secondary N) is 2. The van der Waals surface area contributed by atoms with Crippen LogP contribution in [0, 0.1) is 0 Å². The summed E-state index contributed by atoms with van der Waals surface area (Å²) in [5.74, 6) is -2.48. The highest BCUT2D eigenvalue weighted by Gasteiger charge is 2.34. The van der Waals surface area contributed by atoms with Crippen LogP contribution in [0.5, 0.6) is 0 Å². The van der Waals surface area contributed by atoms with Gasteiger partial charge in [-0.2, -0.15) is 13.2 Å². The van der Waals surface area contributed by atoms with Crippen LogP contribution in [0.1, 0.15) is 32.7 Å². The summed E-state index contributed by atoms with van der Waals surface area (Å²) in [4.78, 5) is 34.4. The number of carbonyl (C=O) groups is 3. The van der Waals surface area contributed by atoms with Gasteiger partial charge in [0.05, 0.1) is 17.5 Å². The molecule has 0 unspecified atom stereocenters. The average molecular weight is 380 g/mol. The number of carbonyl (C=O) groups excluding carboxylic acids is 2. The summed E-state index contributed by atoms with van der Waals surface area (Å²) in [7, 11) is 0. The topological polar surface area (TPSA) is 95.5 Å². The zero-order valence-electron chi connectivity index (χ0n) is 13.8. The third-order valence-corrected chi connectivity index (χ3v) is 3.51. The molecule has 0 bridgehead atoms. The molecule has 0 radical (unpaired) electrons. The maximum Gasteiger partial charge on any atom is 0.417 e. The minimum atomic E-state index is -4.66. The first-order chi connectivity index (χ1) is 12.7. The number of anilines is 1. The Bertz CT molecular complexity index is 848. The molecule has 0 saturated heterocycles. The van der Waals surface area contributed by atoms with E-state index in [0.717, 1.165) is 12.1 Å². The minimum absolute atomic E-state index is 0.0408. The van der Waals surface area contributed by atoms with Gasteiger partial charge in [-0.15, -0.1) is 0 Å². The summed E-state index contributed by atoms with van der Waals surface area (Å²) in [5.41, 5.74) is -1.13. The highest BCUT2D eigenvalue weighted by atomic mass is 19.4. The molecule has 0 heterocycles. The van der Waals surface area contributed by atoms with E-state index < -0.39 is 35.1 Å². The fourth-order valence-electron chi connectivity index (χ4n) is 2.22. The van der Waals surface area contributed by atoms with Crippen molar-refractivity contribution in [3.05, 3.63) is 65.2 Å². The molecular weight excluding hydrogens is 365 g/mol. The lowest BCUT2D eigenvalue weighted by Crippen LogP contribution is -2.26. The number of rotatable bonds is 6. The van der Waals surface area contributed by atoms with Gasteiger partial charge in [-0.25, -0.2) is 0 Å². The molecule has 0 aromatic heterocycles. The van der Waals surface area contributed by atoms with Crippen molar-refractivity contribution in [3.63, 3.8) is 0 Å². The van der Waals surface area contributed by atoms with Crippen molar-refractivity contribution in [1.29, 1.82) is 0 Å². The Morgan fingerprint density at radius 3 is 2.15 bits per heavy atom. The largest absolute Gasteiger partial charge is 0.481 e. The molecule has 0 aliphatic carbocycles. The van der Waals surface area contributed by atoms with E-state index in [9.17, 15) is 27.6 Å². The van der Waals surface area contributed by atoms with Gasteiger partial charge < -0.3 is 15.7 Å². The van der Waals surface area contributed by atoms with Gasteiger partial charge in [0.15, 0.2) is 0 Å². The number of halogens is 3. The Labute approximate surface area is 152 Å². The Hall–Kier alpha value is -3.36. The maximum atomic E-state index is 13.0. The molecule has 0 fully saturated rings. The van der Waals surface area contributed by atoms with Crippen molar-refractivity contribution >= 4 is 23.5 Å². The van der Waals surface area contributed by atoms with Crippen molar-refractivity contribution in [2.75, 3.05) is 11.9 Å². The minimum Gasteiger partial charge on any atom is -0.481 e. The number of aliphatic carboxylic acids is 1. The van der Waals surface area contributed by atoms with E-state index in [2.05, 4.69) is 10.6 Å². The first-order valence-electron chi connectivity index (χ1n) is 7.76. The molecule has 0 aliphatic rings. The van der Waals surface area contributed by atoms with Crippen LogP contribution in [0.15, 0.2) is 48.5 Å². The first kappa shape index (κ1) is 20.0. The monoisotopic (exact) mass is 380 g/mol. The normalized spacial score (nSPS) is 10.9. The SMILES string of the molecule is O=C(O)CCNC(=O)c1ccc(NC(=O)c2ccccc2C(F)(F)F)cc1. The van der Waals surface area contributed by atoms with Crippen molar-refractivity contribution in [2.45, 2.75) is 12.6 Å². The highest BCUT2D eigenvalue weighted by molar-refractivity contribution is 6.05. The van der Waals surface area contributed by atoms with Gasteiger partial charge in [-0.05, 0) is 36.4 Å². The fraction of sp³-hybridized carbons (Fsp3) is 0.167. The van der Waals surface area contributed by atoms with Gasteiger partial charge in [0.25, 0.3) is 11.8 Å². The van der Waals surface area contributed by atoms with Crippen LogP contribution >= 0.6 is 0 Å². The van der Waals surface area contributed by atoms with Gasteiger partial charge in [0, 0.05) is 17.8 Å². The molecule has 0 saturated carbocycles. The molecule has 2 aromatic carbocycles. The second-order valence-electron chi connectivity index (χ2n) is 5.47. The molecule has 142 valence electrons. The van der Waals surface area contributed by atoms with E-state index >= 15 is 0 Å². The van der Waals surface area contributed by atoms with Crippen molar-refractivity contribution in [3.8, 4) is 0 Å². The van der Waals surface area contributed by atoms with E-state index in [4.69, 9.17) is 5.11 Å².